The van der Waals surface area contributed by atoms with Crippen LogP contribution in [0.1, 0.15) is 48.2 Å². The number of rotatable bonds is 8. The molecule has 1 saturated heterocycles. The predicted molar refractivity (Wildman–Crippen MR) is 131 cm³/mol. The smallest absolute Gasteiger partial charge is 0.253 e. The molecule has 1 N–H and O–H groups in total. The highest BCUT2D eigenvalue weighted by molar-refractivity contribution is 7.89. The van der Waals surface area contributed by atoms with Crippen molar-refractivity contribution in [1.29, 1.82) is 0 Å². The molecule has 1 heterocycles. The lowest BCUT2D eigenvalue weighted by molar-refractivity contribution is -0.126. The highest BCUT2D eigenvalue weighted by atomic mass is 32.2. The molecule has 0 radical (unpaired) electrons. The van der Waals surface area contributed by atoms with Gasteiger partial charge in [0.05, 0.1) is 4.90 Å². The number of hydrogen-bond donors (Lipinski definition) is 1. The number of carbonyl (C=O) groups excluding carboxylic acids is 2. The molecule has 1 aliphatic heterocycles. The summed E-state index contributed by atoms with van der Waals surface area (Å²) < 4.78 is 26.6. The summed E-state index contributed by atoms with van der Waals surface area (Å²) in [7, 11) is 3.35. The summed E-state index contributed by atoms with van der Waals surface area (Å²) in [5.41, 5.74) is 1.75. The van der Waals surface area contributed by atoms with E-state index in [4.69, 9.17) is 0 Å². The van der Waals surface area contributed by atoms with Gasteiger partial charge in [-0.25, -0.2) is 12.7 Å². The maximum Gasteiger partial charge on any atom is 0.253 e. The Morgan fingerprint density at radius 2 is 1.67 bits per heavy atom. The van der Waals surface area contributed by atoms with E-state index in [-0.39, 0.29) is 28.0 Å². The lowest BCUT2D eigenvalue weighted by Gasteiger charge is -2.33. The second-order valence-corrected chi connectivity index (χ2v) is 12.5. The fourth-order valence-electron chi connectivity index (χ4n) is 4.33. The van der Waals surface area contributed by atoms with E-state index in [1.165, 1.54) is 20.2 Å². The van der Waals surface area contributed by atoms with Gasteiger partial charge in [-0.1, -0.05) is 13.8 Å². The highest BCUT2D eigenvalue weighted by Crippen LogP contribution is 2.26. The summed E-state index contributed by atoms with van der Waals surface area (Å²) in [6.45, 7) is 10.3. The van der Waals surface area contributed by atoms with Crippen molar-refractivity contribution in [2.75, 3.05) is 54.4 Å². The molecule has 0 unspecified atom stereocenters. The Morgan fingerprint density at radius 3 is 2.18 bits per heavy atom. The lowest BCUT2D eigenvalue weighted by Crippen LogP contribution is -2.46. The number of piperidine rings is 1. The zero-order valence-electron chi connectivity index (χ0n) is 21.4. The Balaban J connectivity index is 2.05. The normalized spacial score (nSPS) is 15.9. The molecule has 0 bridgehead atoms. The summed E-state index contributed by atoms with van der Waals surface area (Å²) >= 11 is 0. The minimum absolute atomic E-state index is 0.0241. The summed E-state index contributed by atoms with van der Waals surface area (Å²) in [5.74, 6) is -0.271. The van der Waals surface area contributed by atoms with Crippen molar-refractivity contribution in [3.8, 4) is 0 Å². The molecular weight excluding hydrogens is 440 g/mol. The van der Waals surface area contributed by atoms with Crippen LogP contribution in [0, 0.1) is 25.2 Å². The number of benzene rings is 1. The van der Waals surface area contributed by atoms with E-state index in [0.717, 1.165) is 16.4 Å². The summed E-state index contributed by atoms with van der Waals surface area (Å²) in [6.07, 6.45) is 1.19. The SMILES string of the molecule is Cc1cc(C(=O)N2CCC(C(=O)NCC(C)(C)CN(C)C)CC2)cc(S(=O)(=O)N(C)C)c1C. The number of carbonyl (C=O) groups is 2. The number of amides is 2. The first-order valence-corrected chi connectivity index (χ1v) is 12.9. The molecule has 0 aromatic heterocycles. The molecule has 0 spiro atoms. The van der Waals surface area contributed by atoms with Gasteiger partial charge in [0.1, 0.15) is 0 Å². The first kappa shape index (κ1) is 27.3. The Labute approximate surface area is 199 Å². The monoisotopic (exact) mass is 480 g/mol. The number of sulfonamides is 1. The molecule has 9 heteroatoms. The molecule has 0 atom stereocenters. The number of hydrogen-bond acceptors (Lipinski definition) is 5. The molecule has 2 rings (SSSR count). The first-order valence-electron chi connectivity index (χ1n) is 11.4. The van der Waals surface area contributed by atoms with Crippen molar-refractivity contribution in [2.24, 2.45) is 11.3 Å². The van der Waals surface area contributed by atoms with E-state index in [2.05, 4.69) is 24.1 Å². The van der Waals surface area contributed by atoms with Crippen LogP contribution in [0.15, 0.2) is 17.0 Å². The fourth-order valence-corrected chi connectivity index (χ4v) is 5.54. The molecule has 8 nitrogen and oxygen atoms in total. The minimum atomic E-state index is -3.66. The molecule has 1 aromatic carbocycles. The van der Waals surface area contributed by atoms with Crippen molar-refractivity contribution in [2.45, 2.75) is 45.4 Å². The van der Waals surface area contributed by atoms with Crippen molar-refractivity contribution in [3.63, 3.8) is 0 Å². The van der Waals surface area contributed by atoms with Gasteiger partial charge in [-0.3, -0.25) is 9.59 Å². The molecule has 1 aliphatic rings. The van der Waals surface area contributed by atoms with E-state index in [9.17, 15) is 18.0 Å². The fraction of sp³-hybridized carbons (Fsp3) is 0.667. The minimum Gasteiger partial charge on any atom is -0.355 e. The predicted octanol–water partition coefficient (Wildman–Crippen LogP) is 2.11. The van der Waals surface area contributed by atoms with E-state index in [0.29, 0.717) is 43.6 Å². The van der Waals surface area contributed by atoms with Crippen LogP contribution < -0.4 is 5.32 Å². The number of nitrogens with zero attached hydrogens (tertiary/aromatic N) is 3. The zero-order valence-corrected chi connectivity index (χ0v) is 22.2. The Morgan fingerprint density at radius 1 is 1.09 bits per heavy atom. The van der Waals surface area contributed by atoms with E-state index in [1.807, 2.05) is 21.0 Å². The maximum absolute atomic E-state index is 13.2. The van der Waals surface area contributed by atoms with Crippen LogP contribution in [0.5, 0.6) is 0 Å². The standard InChI is InChI=1S/C24H40N4O4S/c1-17-13-20(14-21(18(17)2)33(31,32)27(7)8)23(30)28-11-9-19(10-12-28)22(29)25-15-24(3,4)16-26(5)6/h13-14,19H,9-12,15-16H2,1-8H3,(H,25,29). The second kappa shape index (κ2) is 10.5. The van der Waals surface area contributed by atoms with Crippen LogP contribution >= 0.6 is 0 Å². The Kier molecular flexibility index (Phi) is 8.70. The van der Waals surface area contributed by atoms with Crippen LogP contribution in [0.25, 0.3) is 0 Å². The third-order valence-corrected chi connectivity index (χ3v) is 8.20. The topological polar surface area (TPSA) is 90.0 Å². The third kappa shape index (κ3) is 6.77. The summed E-state index contributed by atoms with van der Waals surface area (Å²) in [5, 5.41) is 3.08. The molecule has 0 aliphatic carbocycles. The summed E-state index contributed by atoms with van der Waals surface area (Å²) in [4.78, 5) is 29.8. The van der Waals surface area contributed by atoms with Gasteiger partial charge < -0.3 is 15.1 Å². The number of likely N-dealkylation sites (tertiary alicyclic amines) is 1. The van der Waals surface area contributed by atoms with Gasteiger partial charge in [0.15, 0.2) is 0 Å². The third-order valence-electron chi connectivity index (χ3n) is 6.26. The average molecular weight is 481 g/mol. The summed E-state index contributed by atoms with van der Waals surface area (Å²) in [6, 6.07) is 3.23. The molecule has 186 valence electrons. The van der Waals surface area contributed by atoms with E-state index in [1.54, 1.807) is 17.9 Å². The van der Waals surface area contributed by atoms with Crippen LogP contribution in [-0.4, -0.2) is 88.7 Å². The molecule has 1 fully saturated rings. The van der Waals surface area contributed by atoms with Crippen molar-refractivity contribution < 1.29 is 18.0 Å². The van der Waals surface area contributed by atoms with Crippen molar-refractivity contribution in [1.82, 2.24) is 19.4 Å². The molecule has 33 heavy (non-hydrogen) atoms. The van der Waals surface area contributed by atoms with Gasteiger partial charge in [0.25, 0.3) is 5.91 Å². The van der Waals surface area contributed by atoms with Crippen LogP contribution in [-0.2, 0) is 14.8 Å². The molecule has 2 amide bonds. The van der Waals surface area contributed by atoms with Crippen LogP contribution in [0.4, 0.5) is 0 Å². The highest BCUT2D eigenvalue weighted by Gasteiger charge is 2.30. The van der Waals surface area contributed by atoms with Crippen molar-refractivity contribution in [3.05, 3.63) is 28.8 Å². The lowest BCUT2D eigenvalue weighted by atomic mass is 9.91. The van der Waals surface area contributed by atoms with Gasteiger partial charge in [-0.2, -0.15) is 0 Å². The molecular formula is C24H40N4O4S. The largest absolute Gasteiger partial charge is 0.355 e. The van der Waals surface area contributed by atoms with E-state index < -0.39 is 10.0 Å². The second-order valence-electron chi connectivity index (χ2n) is 10.4. The van der Waals surface area contributed by atoms with Crippen LogP contribution in [0.3, 0.4) is 0 Å². The quantitative estimate of drug-likeness (QED) is 0.616. The van der Waals surface area contributed by atoms with Crippen LogP contribution in [0.2, 0.25) is 0 Å². The molecule has 0 saturated carbocycles. The van der Waals surface area contributed by atoms with Gasteiger partial charge in [0.2, 0.25) is 15.9 Å². The van der Waals surface area contributed by atoms with Gasteiger partial charge in [-0.05, 0) is 69.5 Å². The van der Waals surface area contributed by atoms with Gasteiger partial charge in [-0.15, -0.1) is 0 Å². The van der Waals surface area contributed by atoms with Gasteiger partial charge >= 0.3 is 0 Å². The Bertz CT molecular complexity index is 978. The van der Waals surface area contributed by atoms with Crippen molar-refractivity contribution >= 4 is 21.8 Å². The first-order chi connectivity index (χ1) is 15.2. The average Bonchev–Trinajstić information content (AvgIpc) is 2.72. The number of aryl methyl sites for hydroxylation is 1. The zero-order chi connectivity index (χ0) is 25.1. The van der Waals surface area contributed by atoms with E-state index >= 15 is 0 Å². The molecule has 1 aromatic rings. The van der Waals surface area contributed by atoms with Gasteiger partial charge in [0, 0.05) is 51.8 Å². The number of nitrogens with one attached hydrogen (secondary N) is 1. The maximum atomic E-state index is 13.2. The Hall–Kier alpha value is -1.97.